The van der Waals surface area contributed by atoms with Crippen LogP contribution in [0.25, 0.3) is 0 Å². The molecule has 6 nitrogen and oxygen atoms in total. The van der Waals surface area contributed by atoms with E-state index in [-0.39, 0.29) is 0 Å². The topological polar surface area (TPSA) is 84.9 Å². The number of nitrogens with one attached hydrogen (secondary N) is 1. The van der Waals surface area contributed by atoms with E-state index in [1.54, 1.807) is 7.11 Å². The smallest absolute Gasteiger partial charge is 0.394 e. The van der Waals surface area contributed by atoms with Crippen molar-refractivity contribution in [1.29, 1.82) is 0 Å². The molecule has 0 spiro atoms. The summed E-state index contributed by atoms with van der Waals surface area (Å²) in [6, 6.07) is 0. The van der Waals surface area contributed by atoms with Crippen molar-refractivity contribution in [3.05, 3.63) is 0 Å². The molecule has 0 bridgehead atoms. The third-order valence-electron chi connectivity index (χ3n) is 1.63. The zero-order valence-corrected chi connectivity index (χ0v) is 8.82. The maximum atomic E-state index is 10.6. The monoisotopic (exact) mass is 219 g/mol. The highest BCUT2D eigenvalue weighted by molar-refractivity contribution is 6.31. The van der Waals surface area contributed by atoms with Crippen molar-refractivity contribution in [3.63, 3.8) is 0 Å². The fourth-order valence-corrected chi connectivity index (χ4v) is 0.851. The summed E-state index contributed by atoms with van der Waals surface area (Å²) in [5.74, 6) is -2.42. The molecule has 0 aromatic rings. The highest BCUT2D eigenvalue weighted by atomic mass is 16.5. The molecule has 0 aliphatic rings. The van der Waals surface area contributed by atoms with Gasteiger partial charge < -0.3 is 19.9 Å². The van der Waals surface area contributed by atoms with Gasteiger partial charge in [0.05, 0.1) is 13.2 Å². The predicted molar refractivity (Wildman–Crippen MR) is 52.6 cm³/mol. The number of carbonyl (C=O) groups is 2. The van der Waals surface area contributed by atoms with Crippen LogP contribution in [-0.4, -0.2) is 50.5 Å². The summed E-state index contributed by atoms with van der Waals surface area (Å²) in [6.45, 7) is 2.07. The minimum Gasteiger partial charge on any atom is -0.474 e. The average Bonchev–Trinajstić information content (AvgIpc) is 2.21. The Kier molecular flexibility index (Phi) is 8.70. The van der Waals surface area contributed by atoms with E-state index in [0.29, 0.717) is 32.8 Å². The first kappa shape index (κ1) is 13.9. The molecule has 0 aromatic heterocycles. The van der Waals surface area contributed by atoms with Gasteiger partial charge in [0, 0.05) is 20.3 Å². The van der Waals surface area contributed by atoms with Crippen LogP contribution in [0, 0.1) is 0 Å². The van der Waals surface area contributed by atoms with Gasteiger partial charge in [0.2, 0.25) is 0 Å². The van der Waals surface area contributed by atoms with Crippen LogP contribution in [0.15, 0.2) is 0 Å². The van der Waals surface area contributed by atoms with Crippen LogP contribution in [0.2, 0.25) is 0 Å². The lowest BCUT2D eigenvalue weighted by atomic mass is 10.3. The number of hydrogen-bond acceptors (Lipinski definition) is 4. The normalized spacial score (nSPS) is 9.93. The number of amides is 1. The Morgan fingerprint density at radius 1 is 1.20 bits per heavy atom. The Hall–Kier alpha value is -1.14. The molecule has 0 unspecified atom stereocenters. The molecule has 15 heavy (non-hydrogen) atoms. The van der Waals surface area contributed by atoms with Crippen molar-refractivity contribution in [2.45, 2.75) is 12.8 Å². The Morgan fingerprint density at radius 2 is 1.93 bits per heavy atom. The fraction of sp³-hybridized carbons (Fsp3) is 0.778. The van der Waals surface area contributed by atoms with E-state index in [0.717, 1.165) is 6.42 Å². The number of unbranched alkanes of at least 4 members (excludes halogenated alkanes) is 1. The molecule has 0 atom stereocenters. The van der Waals surface area contributed by atoms with E-state index in [1.807, 2.05) is 0 Å². The molecule has 0 aliphatic carbocycles. The molecule has 0 saturated heterocycles. The lowest BCUT2D eigenvalue weighted by Crippen LogP contribution is -2.31. The first-order chi connectivity index (χ1) is 7.18. The molecule has 0 fully saturated rings. The summed E-state index contributed by atoms with van der Waals surface area (Å²) < 4.78 is 9.95. The summed E-state index contributed by atoms with van der Waals surface area (Å²) in [4.78, 5) is 20.6. The first-order valence-electron chi connectivity index (χ1n) is 4.76. The van der Waals surface area contributed by atoms with Gasteiger partial charge in [-0.25, -0.2) is 4.79 Å². The molecule has 88 valence electrons. The zero-order valence-electron chi connectivity index (χ0n) is 8.82. The van der Waals surface area contributed by atoms with Gasteiger partial charge in [0.1, 0.15) is 0 Å². The number of rotatable bonds is 8. The predicted octanol–water partition coefficient (Wildman–Crippen LogP) is -0.370. The van der Waals surface area contributed by atoms with Crippen LogP contribution >= 0.6 is 0 Å². The van der Waals surface area contributed by atoms with Crippen molar-refractivity contribution in [2.24, 2.45) is 0 Å². The zero-order chi connectivity index (χ0) is 11.5. The van der Waals surface area contributed by atoms with Crippen molar-refractivity contribution in [1.82, 2.24) is 5.32 Å². The number of carboxylic acid groups (broad SMARTS) is 1. The van der Waals surface area contributed by atoms with E-state index in [1.165, 1.54) is 0 Å². The van der Waals surface area contributed by atoms with Crippen LogP contribution in [0.3, 0.4) is 0 Å². The maximum Gasteiger partial charge on any atom is 0.394 e. The van der Waals surface area contributed by atoms with Gasteiger partial charge in [0.25, 0.3) is 0 Å². The third-order valence-corrected chi connectivity index (χ3v) is 1.63. The first-order valence-corrected chi connectivity index (χ1v) is 4.76. The van der Waals surface area contributed by atoms with E-state index < -0.39 is 11.9 Å². The second kappa shape index (κ2) is 9.42. The average molecular weight is 219 g/mol. The van der Waals surface area contributed by atoms with Crippen LogP contribution in [0.1, 0.15) is 12.8 Å². The second-order valence-electron chi connectivity index (χ2n) is 2.87. The molecule has 0 rings (SSSR count). The van der Waals surface area contributed by atoms with Gasteiger partial charge in [-0.05, 0) is 12.8 Å². The number of carboxylic acids is 1. The second-order valence-corrected chi connectivity index (χ2v) is 2.87. The number of ether oxygens (including phenoxy) is 2. The van der Waals surface area contributed by atoms with Crippen molar-refractivity contribution in [2.75, 3.05) is 33.5 Å². The summed E-state index contributed by atoms with van der Waals surface area (Å²) in [5.41, 5.74) is 0. The molecular weight excluding hydrogens is 202 g/mol. The van der Waals surface area contributed by atoms with E-state index in [9.17, 15) is 9.59 Å². The quantitative estimate of drug-likeness (QED) is 0.430. The summed E-state index contributed by atoms with van der Waals surface area (Å²) >= 11 is 0. The minimum absolute atomic E-state index is 0.360. The van der Waals surface area contributed by atoms with E-state index in [2.05, 4.69) is 5.32 Å². The van der Waals surface area contributed by atoms with E-state index >= 15 is 0 Å². The SMILES string of the molecule is COCCOCCCCNC(=O)C(=O)O. The standard InChI is InChI=1S/C9H17NO5/c1-14-6-7-15-5-3-2-4-10-8(11)9(12)13/h2-7H2,1H3,(H,10,11)(H,12,13). The molecular formula is C9H17NO5. The summed E-state index contributed by atoms with van der Waals surface area (Å²) in [5, 5.41) is 10.5. The molecule has 1 amide bonds. The molecule has 2 N–H and O–H groups in total. The van der Waals surface area contributed by atoms with E-state index in [4.69, 9.17) is 14.6 Å². The van der Waals surface area contributed by atoms with Gasteiger partial charge in [-0.3, -0.25) is 4.79 Å². The van der Waals surface area contributed by atoms with Crippen LogP contribution in [0.4, 0.5) is 0 Å². The van der Waals surface area contributed by atoms with Crippen LogP contribution < -0.4 is 5.32 Å². The number of hydrogen-bond donors (Lipinski definition) is 2. The molecule has 0 aromatic carbocycles. The van der Waals surface area contributed by atoms with Gasteiger partial charge >= 0.3 is 11.9 Å². The fourth-order valence-electron chi connectivity index (χ4n) is 0.851. The molecule has 6 heteroatoms. The van der Waals surface area contributed by atoms with Gasteiger partial charge in [-0.15, -0.1) is 0 Å². The van der Waals surface area contributed by atoms with Crippen molar-refractivity contribution < 1.29 is 24.2 Å². The molecule has 0 heterocycles. The van der Waals surface area contributed by atoms with Gasteiger partial charge in [-0.2, -0.15) is 0 Å². The Balaban J connectivity index is 3.11. The number of aliphatic carboxylic acids is 1. The summed E-state index contributed by atoms with van der Waals surface area (Å²) in [6.07, 6.45) is 1.48. The molecule has 0 saturated carbocycles. The van der Waals surface area contributed by atoms with Gasteiger partial charge in [0.15, 0.2) is 0 Å². The Bertz CT molecular complexity index is 195. The van der Waals surface area contributed by atoms with Crippen LogP contribution in [0.5, 0.6) is 0 Å². The number of carbonyl (C=O) groups excluding carboxylic acids is 1. The largest absolute Gasteiger partial charge is 0.474 e. The summed E-state index contributed by atoms with van der Waals surface area (Å²) in [7, 11) is 1.60. The van der Waals surface area contributed by atoms with Crippen LogP contribution in [-0.2, 0) is 19.1 Å². The minimum atomic E-state index is -1.45. The molecule has 0 radical (unpaired) electrons. The Morgan fingerprint density at radius 3 is 2.53 bits per heavy atom. The molecule has 0 aliphatic heterocycles. The number of methoxy groups -OCH3 is 1. The lowest BCUT2D eigenvalue weighted by Gasteiger charge is -2.03. The van der Waals surface area contributed by atoms with Gasteiger partial charge in [-0.1, -0.05) is 0 Å². The van der Waals surface area contributed by atoms with Crippen molar-refractivity contribution in [3.8, 4) is 0 Å². The highest BCUT2D eigenvalue weighted by Crippen LogP contribution is 1.88. The highest BCUT2D eigenvalue weighted by Gasteiger charge is 2.08. The Labute approximate surface area is 88.6 Å². The third kappa shape index (κ3) is 9.17. The maximum absolute atomic E-state index is 10.6. The lowest BCUT2D eigenvalue weighted by molar-refractivity contribution is -0.150. The van der Waals surface area contributed by atoms with Crippen molar-refractivity contribution >= 4 is 11.9 Å².